The van der Waals surface area contributed by atoms with Crippen LogP contribution >= 0.6 is 0 Å². The maximum absolute atomic E-state index is 12.8. The summed E-state index contributed by atoms with van der Waals surface area (Å²) in [5, 5.41) is 11.3. The average molecular weight is 389 g/mol. The fourth-order valence-corrected chi connectivity index (χ4v) is 2.67. The van der Waals surface area contributed by atoms with Crippen LogP contribution in [-0.4, -0.2) is 65.5 Å². The lowest BCUT2D eigenvalue weighted by atomic mass is 9.92. The van der Waals surface area contributed by atoms with Gasteiger partial charge in [0, 0.05) is 7.05 Å². The number of ether oxygens (including phenoxy) is 1. The molecule has 0 radical (unpaired) electrons. The van der Waals surface area contributed by atoms with E-state index >= 15 is 0 Å². The Morgan fingerprint density at radius 2 is 1.89 bits per heavy atom. The molecule has 4 amide bonds. The Hall–Kier alpha value is -3.36. The van der Waals surface area contributed by atoms with Crippen LogP contribution in [0, 0.1) is 0 Å². The normalized spacial score (nSPS) is 18.6. The summed E-state index contributed by atoms with van der Waals surface area (Å²) < 4.78 is 5.52. The van der Waals surface area contributed by atoms with Crippen molar-refractivity contribution in [1.29, 1.82) is 0 Å². The number of aliphatic carboxylic acids is 1. The minimum atomic E-state index is -1.34. The van der Waals surface area contributed by atoms with Gasteiger partial charge in [-0.1, -0.05) is 18.7 Å². The van der Waals surface area contributed by atoms with Gasteiger partial charge in [0.25, 0.3) is 5.91 Å². The molecule has 0 bridgehead atoms. The summed E-state index contributed by atoms with van der Waals surface area (Å²) in [6, 6.07) is 5.96. The molecule has 9 nitrogen and oxygen atoms in total. The number of amides is 4. The Morgan fingerprint density at radius 3 is 2.43 bits per heavy atom. The molecule has 2 N–H and O–H groups in total. The van der Waals surface area contributed by atoms with Crippen LogP contribution < -0.4 is 10.1 Å². The van der Waals surface area contributed by atoms with Gasteiger partial charge in [-0.25, -0.2) is 4.79 Å². The van der Waals surface area contributed by atoms with E-state index in [0.717, 1.165) is 15.4 Å². The van der Waals surface area contributed by atoms with E-state index in [0.29, 0.717) is 17.9 Å². The number of benzene rings is 1. The molecule has 0 aliphatic carbocycles. The number of urea groups is 1. The van der Waals surface area contributed by atoms with E-state index in [4.69, 9.17) is 9.84 Å². The van der Waals surface area contributed by atoms with E-state index in [9.17, 15) is 19.2 Å². The van der Waals surface area contributed by atoms with E-state index < -0.39 is 42.4 Å². The van der Waals surface area contributed by atoms with Gasteiger partial charge in [-0.3, -0.25) is 19.3 Å². The number of hydrogen-bond acceptors (Lipinski definition) is 5. The van der Waals surface area contributed by atoms with Crippen LogP contribution in [0.4, 0.5) is 4.79 Å². The van der Waals surface area contributed by atoms with Crippen LogP contribution in [0.15, 0.2) is 36.4 Å². The number of carbonyl (C=O) groups is 4. The number of carboxylic acids is 1. The Balaban J connectivity index is 2.13. The van der Waals surface area contributed by atoms with Crippen molar-refractivity contribution in [3.8, 4) is 5.75 Å². The van der Waals surface area contributed by atoms with E-state index in [2.05, 4.69) is 11.9 Å². The second kappa shape index (κ2) is 8.12. The molecular formula is C19H23N3O6. The third-order valence-electron chi connectivity index (χ3n) is 4.28. The third kappa shape index (κ3) is 4.48. The van der Waals surface area contributed by atoms with Crippen molar-refractivity contribution in [3.05, 3.63) is 42.0 Å². The molecule has 1 heterocycles. The largest absolute Gasteiger partial charge is 0.489 e. The molecular weight excluding hydrogens is 366 g/mol. The highest BCUT2D eigenvalue weighted by molar-refractivity contribution is 6.09. The molecule has 0 saturated carbocycles. The van der Waals surface area contributed by atoms with Crippen molar-refractivity contribution in [2.45, 2.75) is 19.4 Å². The monoisotopic (exact) mass is 389 g/mol. The van der Waals surface area contributed by atoms with Crippen molar-refractivity contribution < 1.29 is 29.0 Å². The summed E-state index contributed by atoms with van der Waals surface area (Å²) in [7, 11) is 1.29. The van der Waals surface area contributed by atoms with Crippen molar-refractivity contribution in [2.24, 2.45) is 0 Å². The van der Waals surface area contributed by atoms with Gasteiger partial charge in [0.1, 0.15) is 31.0 Å². The van der Waals surface area contributed by atoms with Gasteiger partial charge >= 0.3 is 12.0 Å². The topological polar surface area (TPSA) is 116 Å². The molecule has 2 rings (SSSR count). The number of imide groups is 1. The zero-order valence-electron chi connectivity index (χ0n) is 16.0. The molecule has 1 aliphatic rings. The molecule has 1 aromatic carbocycles. The Kier molecular flexibility index (Phi) is 6.07. The molecule has 1 fully saturated rings. The van der Waals surface area contributed by atoms with Crippen molar-refractivity contribution >= 4 is 23.8 Å². The molecule has 0 aromatic heterocycles. The molecule has 150 valence electrons. The third-order valence-corrected chi connectivity index (χ3v) is 4.28. The first kappa shape index (κ1) is 20.9. The summed E-state index contributed by atoms with van der Waals surface area (Å²) in [6.07, 6.45) is 0. The van der Waals surface area contributed by atoms with Crippen molar-refractivity contribution in [1.82, 2.24) is 15.1 Å². The number of rotatable bonds is 8. The molecule has 1 atom stereocenters. The Bertz CT molecular complexity index is 819. The summed E-state index contributed by atoms with van der Waals surface area (Å²) in [5.74, 6) is -1.84. The fourth-order valence-electron chi connectivity index (χ4n) is 2.67. The van der Waals surface area contributed by atoms with Gasteiger partial charge in [0.05, 0.1) is 0 Å². The Labute approximate surface area is 162 Å². The quantitative estimate of drug-likeness (QED) is 0.505. The first-order valence-electron chi connectivity index (χ1n) is 8.52. The highest BCUT2D eigenvalue weighted by atomic mass is 16.5. The summed E-state index contributed by atoms with van der Waals surface area (Å²) in [5.41, 5.74) is 0.0557. The zero-order valence-corrected chi connectivity index (χ0v) is 16.0. The minimum absolute atomic E-state index is 0.367. The van der Waals surface area contributed by atoms with E-state index in [1.165, 1.54) is 7.05 Å². The molecule has 9 heteroatoms. The highest BCUT2D eigenvalue weighted by Crippen LogP contribution is 2.30. The van der Waals surface area contributed by atoms with Gasteiger partial charge < -0.3 is 20.1 Å². The summed E-state index contributed by atoms with van der Waals surface area (Å²) in [6.45, 7) is 6.44. The first-order valence-corrected chi connectivity index (χ1v) is 8.52. The lowest BCUT2D eigenvalue weighted by Crippen LogP contribution is -2.44. The zero-order chi connectivity index (χ0) is 21.1. The van der Waals surface area contributed by atoms with Crippen LogP contribution in [0.5, 0.6) is 5.75 Å². The van der Waals surface area contributed by atoms with Gasteiger partial charge in [0.15, 0.2) is 0 Å². The highest BCUT2D eigenvalue weighted by Gasteiger charge is 2.49. The number of likely N-dealkylation sites (N-methyl/N-ethyl adjacent to an activating group) is 1. The van der Waals surface area contributed by atoms with Crippen LogP contribution in [0.3, 0.4) is 0 Å². The van der Waals surface area contributed by atoms with Gasteiger partial charge in [-0.2, -0.15) is 0 Å². The standard InChI is InChI=1S/C19H23N3O6/c1-12(2)11-28-14-7-5-13(6-8-14)19(3)17(26)22(18(27)20-19)9-15(23)21(4)10-16(24)25/h5-8H,1,9-11H2,2-4H3,(H,20,27)(H,24,25). The van der Waals surface area contributed by atoms with Gasteiger partial charge in [0.2, 0.25) is 5.91 Å². The van der Waals surface area contributed by atoms with Crippen LogP contribution in [0.1, 0.15) is 19.4 Å². The first-order chi connectivity index (χ1) is 13.0. The number of hydrogen-bond donors (Lipinski definition) is 2. The summed E-state index contributed by atoms with van der Waals surface area (Å²) in [4.78, 5) is 49.6. The van der Waals surface area contributed by atoms with Crippen LogP contribution in [0.25, 0.3) is 0 Å². The minimum Gasteiger partial charge on any atom is -0.489 e. The number of nitrogens with zero attached hydrogens (tertiary/aromatic N) is 2. The second-order valence-corrected chi connectivity index (χ2v) is 6.86. The number of carbonyl (C=O) groups excluding carboxylic acids is 3. The van der Waals surface area contributed by atoms with Crippen LogP contribution in [0.2, 0.25) is 0 Å². The van der Waals surface area contributed by atoms with Crippen molar-refractivity contribution in [3.63, 3.8) is 0 Å². The van der Waals surface area contributed by atoms with Crippen molar-refractivity contribution in [2.75, 3.05) is 26.7 Å². The fraction of sp³-hybridized carbons (Fsp3) is 0.368. The Morgan fingerprint density at radius 1 is 1.29 bits per heavy atom. The predicted octanol–water partition coefficient (Wildman–Crippen LogP) is 0.952. The lowest BCUT2D eigenvalue weighted by molar-refractivity contribution is -0.144. The molecule has 1 aromatic rings. The molecule has 1 unspecified atom stereocenters. The van der Waals surface area contributed by atoms with Gasteiger partial charge in [-0.15, -0.1) is 0 Å². The molecule has 1 aliphatic heterocycles. The average Bonchev–Trinajstić information content (AvgIpc) is 2.83. The van der Waals surface area contributed by atoms with Gasteiger partial charge in [-0.05, 0) is 37.1 Å². The molecule has 1 saturated heterocycles. The molecule has 28 heavy (non-hydrogen) atoms. The number of carboxylic acid groups (broad SMARTS) is 1. The SMILES string of the molecule is C=C(C)COc1ccc(C2(C)NC(=O)N(CC(=O)N(C)CC(=O)O)C2=O)cc1. The predicted molar refractivity (Wildman–Crippen MR) is 99.6 cm³/mol. The van der Waals surface area contributed by atoms with E-state index in [1.807, 2.05) is 6.92 Å². The van der Waals surface area contributed by atoms with Crippen LogP contribution in [-0.2, 0) is 19.9 Å². The molecule has 0 spiro atoms. The smallest absolute Gasteiger partial charge is 0.325 e. The lowest BCUT2D eigenvalue weighted by Gasteiger charge is -2.23. The maximum atomic E-state index is 12.8. The summed E-state index contributed by atoms with van der Waals surface area (Å²) >= 11 is 0. The second-order valence-electron chi connectivity index (χ2n) is 6.86. The van der Waals surface area contributed by atoms with E-state index in [1.54, 1.807) is 31.2 Å². The van der Waals surface area contributed by atoms with E-state index in [-0.39, 0.29) is 0 Å². The maximum Gasteiger partial charge on any atom is 0.325 e. The number of nitrogens with one attached hydrogen (secondary N) is 1.